The molecule has 0 spiro atoms. The molecule has 0 aliphatic carbocycles. The number of nitrogens with one attached hydrogen (secondary N) is 2. The number of benzene rings is 1. The van der Waals surface area contributed by atoms with E-state index >= 15 is 0 Å². The summed E-state index contributed by atoms with van der Waals surface area (Å²) in [4.78, 5) is 4.51. The van der Waals surface area contributed by atoms with Crippen LogP contribution in [-0.2, 0) is 13.0 Å². The Morgan fingerprint density at radius 2 is 1.84 bits per heavy atom. The predicted octanol–water partition coefficient (Wildman–Crippen LogP) is 1.91. The van der Waals surface area contributed by atoms with Crippen molar-refractivity contribution in [2.45, 2.75) is 26.8 Å². The second kappa shape index (κ2) is 11.0. The minimum absolute atomic E-state index is 0. The van der Waals surface area contributed by atoms with Crippen LogP contribution >= 0.6 is 24.0 Å². The van der Waals surface area contributed by atoms with E-state index in [0.717, 1.165) is 18.9 Å². The molecule has 0 saturated heterocycles. The summed E-state index contributed by atoms with van der Waals surface area (Å²) in [7, 11) is 0. The summed E-state index contributed by atoms with van der Waals surface area (Å²) in [6.45, 7) is 6.27. The number of nitrogens with zero attached hydrogens (tertiary/aromatic N) is 1. The van der Waals surface area contributed by atoms with Crippen LogP contribution in [0.25, 0.3) is 0 Å². The molecule has 1 aromatic carbocycles. The SMILES string of the molecule is CCNC(=NCc1ccccc1CC)NCCO.I. The second-order valence-corrected chi connectivity index (χ2v) is 3.97. The summed E-state index contributed by atoms with van der Waals surface area (Å²) in [5.41, 5.74) is 2.58. The van der Waals surface area contributed by atoms with Gasteiger partial charge in [0.15, 0.2) is 5.96 Å². The van der Waals surface area contributed by atoms with Crippen molar-refractivity contribution < 1.29 is 5.11 Å². The van der Waals surface area contributed by atoms with Crippen LogP contribution in [0.3, 0.4) is 0 Å². The predicted molar refractivity (Wildman–Crippen MR) is 91.1 cm³/mol. The van der Waals surface area contributed by atoms with E-state index in [9.17, 15) is 0 Å². The van der Waals surface area contributed by atoms with Crippen LogP contribution in [0.5, 0.6) is 0 Å². The van der Waals surface area contributed by atoms with Gasteiger partial charge in [-0.05, 0) is 24.5 Å². The molecule has 0 fully saturated rings. The van der Waals surface area contributed by atoms with Gasteiger partial charge in [0.25, 0.3) is 0 Å². The fourth-order valence-corrected chi connectivity index (χ4v) is 1.74. The van der Waals surface area contributed by atoms with Crippen LogP contribution in [0.4, 0.5) is 0 Å². The Morgan fingerprint density at radius 3 is 2.42 bits per heavy atom. The molecule has 0 bridgehead atoms. The minimum atomic E-state index is 0. The van der Waals surface area contributed by atoms with Gasteiger partial charge in [0, 0.05) is 13.1 Å². The fourth-order valence-electron chi connectivity index (χ4n) is 1.74. The smallest absolute Gasteiger partial charge is 0.191 e. The first kappa shape index (κ1) is 18.2. The number of aliphatic hydroxyl groups excluding tert-OH is 1. The first-order valence-electron chi connectivity index (χ1n) is 6.51. The Hall–Kier alpha value is -0.820. The van der Waals surface area contributed by atoms with Crippen LogP contribution < -0.4 is 10.6 Å². The van der Waals surface area contributed by atoms with Crippen molar-refractivity contribution in [2.75, 3.05) is 19.7 Å². The van der Waals surface area contributed by atoms with Crippen LogP contribution in [0.1, 0.15) is 25.0 Å². The summed E-state index contributed by atoms with van der Waals surface area (Å²) in [6, 6.07) is 8.34. The van der Waals surface area contributed by atoms with Gasteiger partial charge in [0.1, 0.15) is 0 Å². The number of hydrogen-bond acceptors (Lipinski definition) is 2. The number of aryl methyl sites for hydroxylation is 1. The topological polar surface area (TPSA) is 56.7 Å². The molecule has 108 valence electrons. The maximum Gasteiger partial charge on any atom is 0.191 e. The van der Waals surface area contributed by atoms with Crippen LogP contribution in [0.2, 0.25) is 0 Å². The summed E-state index contributed by atoms with van der Waals surface area (Å²) in [6.07, 6.45) is 1.02. The van der Waals surface area contributed by atoms with E-state index in [1.54, 1.807) is 0 Å². The van der Waals surface area contributed by atoms with Gasteiger partial charge < -0.3 is 15.7 Å². The van der Waals surface area contributed by atoms with Crippen LogP contribution in [0.15, 0.2) is 29.3 Å². The highest BCUT2D eigenvalue weighted by atomic mass is 127. The lowest BCUT2D eigenvalue weighted by Crippen LogP contribution is -2.38. The molecule has 0 radical (unpaired) electrons. The van der Waals surface area contributed by atoms with Gasteiger partial charge in [-0.1, -0.05) is 31.2 Å². The summed E-state index contributed by atoms with van der Waals surface area (Å²) in [5.74, 6) is 0.748. The molecule has 3 N–H and O–H groups in total. The van der Waals surface area contributed by atoms with E-state index < -0.39 is 0 Å². The molecular weight excluding hydrogens is 353 g/mol. The van der Waals surface area contributed by atoms with Gasteiger partial charge in [0.05, 0.1) is 13.2 Å². The van der Waals surface area contributed by atoms with E-state index in [4.69, 9.17) is 5.11 Å². The van der Waals surface area contributed by atoms with Crippen molar-refractivity contribution in [3.63, 3.8) is 0 Å². The molecule has 0 aromatic heterocycles. The molecule has 0 amide bonds. The largest absolute Gasteiger partial charge is 0.395 e. The normalized spacial score (nSPS) is 10.8. The Balaban J connectivity index is 0.00000324. The molecule has 0 atom stereocenters. The molecule has 0 heterocycles. The van der Waals surface area contributed by atoms with E-state index in [0.29, 0.717) is 13.1 Å². The van der Waals surface area contributed by atoms with Crippen LogP contribution in [-0.4, -0.2) is 30.8 Å². The van der Waals surface area contributed by atoms with Gasteiger partial charge >= 0.3 is 0 Å². The third-order valence-electron chi connectivity index (χ3n) is 2.66. The lowest BCUT2D eigenvalue weighted by Gasteiger charge is -2.11. The molecular formula is C14H24IN3O. The van der Waals surface area contributed by atoms with Gasteiger partial charge in [0.2, 0.25) is 0 Å². The number of halogens is 1. The second-order valence-electron chi connectivity index (χ2n) is 3.97. The summed E-state index contributed by atoms with van der Waals surface area (Å²) < 4.78 is 0. The number of guanidine groups is 1. The molecule has 19 heavy (non-hydrogen) atoms. The van der Waals surface area contributed by atoms with Crippen molar-refractivity contribution in [3.05, 3.63) is 35.4 Å². The number of aliphatic imine (C=N–C) groups is 1. The van der Waals surface area contributed by atoms with Gasteiger partial charge in [-0.15, -0.1) is 24.0 Å². The maximum atomic E-state index is 8.81. The number of rotatable bonds is 6. The molecule has 4 nitrogen and oxygen atoms in total. The average molecular weight is 377 g/mol. The average Bonchev–Trinajstić information content (AvgIpc) is 2.42. The van der Waals surface area contributed by atoms with Crippen molar-refractivity contribution in [1.29, 1.82) is 0 Å². The highest BCUT2D eigenvalue weighted by Crippen LogP contribution is 2.10. The van der Waals surface area contributed by atoms with E-state index in [1.165, 1.54) is 11.1 Å². The van der Waals surface area contributed by atoms with Gasteiger partial charge in [-0.2, -0.15) is 0 Å². The van der Waals surface area contributed by atoms with Crippen molar-refractivity contribution in [2.24, 2.45) is 4.99 Å². The Bertz CT molecular complexity index is 383. The highest BCUT2D eigenvalue weighted by molar-refractivity contribution is 14.0. The number of hydrogen-bond donors (Lipinski definition) is 3. The Labute approximate surface area is 132 Å². The first-order chi connectivity index (χ1) is 8.81. The van der Waals surface area contributed by atoms with Gasteiger partial charge in [-0.3, -0.25) is 0 Å². The third kappa shape index (κ3) is 6.77. The fraction of sp³-hybridized carbons (Fsp3) is 0.500. The zero-order valence-electron chi connectivity index (χ0n) is 11.6. The molecule has 0 aliphatic rings. The standard InChI is InChI=1S/C14H23N3O.HI/c1-3-12-7-5-6-8-13(12)11-17-14(15-4-2)16-9-10-18;/h5-8,18H,3-4,9-11H2,1-2H3,(H2,15,16,17);1H. The first-order valence-corrected chi connectivity index (χ1v) is 6.51. The Morgan fingerprint density at radius 1 is 1.16 bits per heavy atom. The molecule has 0 unspecified atom stereocenters. The van der Waals surface area contributed by atoms with Gasteiger partial charge in [-0.25, -0.2) is 4.99 Å². The van der Waals surface area contributed by atoms with E-state index in [-0.39, 0.29) is 30.6 Å². The molecule has 5 heteroatoms. The van der Waals surface area contributed by atoms with E-state index in [2.05, 4.69) is 40.7 Å². The van der Waals surface area contributed by atoms with Crippen molar-refractivity contribution in [1.82, 2.24) is 10.6 Å². The summed E-state index contributed by atoms with van der Waals surface area (Å²) in [5, 5.41) is 15.0. The molecule has 0 aliphatic heterocycles. The van der Waals surface area contributed by atoms with Crippen molar-refractivity contribution >= 4 is 29.9 Å². The quantitative estimate of drug-likeness (QED) is 0.403. The summed E-state index contributed by atoms with van der Waals surface area (Å²) >= 11 is 0. The van der Waals surface area contributed by atoms with Crippen LogP contribution in [0, 0.1) is 0 Å². The monoisotopic (exact) mass is 377 g/mol. The molecule has 1 aromatic rings. The highest BCUT2D eigenvalue weighted by Gasteiger charge is 2.00. The molecule has 0 saturated carbocycles. The van der Waals surface area contributed by atoms with Crippen molar-refractivity contribution in [3.8, 4) is 0 Å². The lowest BCUT2D eigenvalue weighted by molar-refractivity contribution is 0.300. The Kier molecular flexibility index (Phi) is 10.6. The zero-order valence-corrected chi connectivity index (χ0v) is 14.0. The maximum absolute atomic E-state index is 8.81. The third-order valence-corrected chi connectivity index (χ3v) is 2.66. The van der Waals surface area contributed by atoms with E-state index in [1.807, 2.05) is 13.0 Å². The zero-order chi connectivity index (χ0) is 13.2. The lowest BCUT2D eigenvalue weighted by atomic mass is 10.1. The number of aliphatic hydroxyl groups is 1. The molecule has 1 rings (SSSR count). The minimum Gasteiger partial charge on any atom is -0.395 e.